The number of rotatable bonds is 5. The van der Waals surface area contributed by atoms with Gasteiger partial charge in [0.25, 0.3) is 0 Å². The molecule has 2 heterocycles. The predicted octanol–water partition coefficient (Wildman–Crippen LogP) is 4.13. The number of hydrogen-bond donors (Lipinski definition) is 1. The molecule has 0 unspecified atom stereocenters. The summed E-state index contributed by atoms with van der Waals surface area (Å²) in [4.78, 5) is 6.98. The smallest absolute Gasteiger partial charge is 0.213 e. The fourth-order valence-corrected chi connectivity index (χ4v) is 5.02. The molecule has 2 aromatic rings. The number of piperidine rings is 1. The van der Waals surface area contributed by atoms with E-state index in [1.54, 1.807) is 0 Å². The van der Waals surface area contributed by atoms with E-state index in [1.165, 1.54) is 24.8 Å². The van der Waals surface area contributed by atoms with Crippen LogP contribution in [0.4, 0.5) is 0 Å². The van der Waals surface area contributed by atoms with Crippen molar-refractivity contribution in [1.29, 1.82) is 0 Å². The van der Waals surface area contributed by atoms with Crippen molar-refractivity contribution in [2.45, 2.75) is 57.2 Å². The molecule has 0 amide bonds. The Morgan fingerprint density at radius 3 is 2.70 bits per heavy atom. The van der Waals surface area contributed by atoms with Crippen LogP contribution in [0.2, 0.25) is 0 Å². The topological polar surface area (TPSA) is 45.6 Å². The second-order valence-corrected chi connectivity index (χ2v) is 7.91. The Bertz CT molecular complexity index is 734. The van der Waals surface area contributed by atoms with E-state index in [0.717, 1.165) is 31.5 Å². The maximum atomic E-state index is 11.7. The molecule has 1 aliphatic carbocycles. The number of aromatic nitrogens is 1. The molecule has 1 aromatic carbocycles. The van der Waals surface area contributed by atoms with Gasteiger partial charge in [0.15, 0.2) is 0 Å². The number of nitrogens with zero attached hydrogens (tertiary/aromatic N) is 2. The lowest BCUT2D eigenvalue weighted by Gasteiger charge is -2.52. The third kappa shape index (κ3) is 3.74. The summed E-state index contributed by atoms with van der Waals surface area (Å²) in [6.45, 7) is 4.42. The number of benzene rings is 1. The third-order valence-corrected chi connectivity index (χ3v) is 6.34. The summed E-state index contributed by atoms with van der Waals surface area (Å²) in [7, 11) is 0. The van der Waals surface area contributed by atoms with Crippen LogP contribution in [0.5, 0.6) is 5.88 Å². The van der Waals surface area contributed by atoms with Gasteiger partial charge in [0.2, 0.25) is 5.88 Å². The standard InChI is InChI=1S/C23H30N2O2/c1-2-27-22-13-12-18(16-24-22)17-25-15-14-23(26,19-8-4-3-5-9-19)20-10-6-7-11-21(20)25/h3-5,8-9,12-13,16,20-21,26H,2,6-7,10-11,14-15,17H2,1H3/t20-,21-,23+/m0/s1. The summed E-state index contributed by atoms with van der Waals surface area (Å²) in [5.41, 5.74) is 1.61. The van der Waals surface area contributed by atoms with Gasteiger partial charge in [0.1, 0.15) is 0 Å². The first-order valence-electron chi connectivity index (χ1n) is 10.3. The average molecular weight is 367 g/mol. The summed E-state index contributed by atoms with van der Waals surface area (Å²) in [5, 5.41) is 11.7. The number of ether oxygens (including phenoxy) is 1. The van der Waals surface area contributed by atoms with E-state index in [0.29, 0.717) is 24.4 Å². The second kappa shape index (κ2) is 7.99. The highest BCUT2D eigenvalue weighted by atomic mass is 16.5. The van der Waals surface area contributed by atoms with Crippen molar-refractivity contribution in [2.75, 3.05) is 13.2 Å². The minimum atomic E-state index is -0.695. The van der Waals surface area contributed by atoms with Crippen LogP contribution >= 0.6 is 0 Å². The van der Waals surface area contributed by atoms with Gasteiger partial charge in [-0.15, -0.1) is 0 Å². The van der Waals surface area contributed by atoms with Crippen LogP contribution in [0.1, 0.15) is 50.2 Å². The SMILES string of the molecule is CCOc1ccc(CN2CC[C@@](O)(c3ccccc3)[C@H]3CCCC[C@@H]32)cn1. The molecule has 3 atom stereocenters. The first kappa shape index (κ1) is 18.5. The van der Waals surface area contributed by atoms with Crippen LogP contribution in [0.15, 0.2) is 48.7 Å². The molecule has 0 spiro atoms. The van der Waals surface area contributed by atoms with Crippen molar-refractivity contribution in [3.63, 3.8) is 0 Å². The van der Waals surface area contributed by atoms with Crippen molar-refractivity contribution in [1.82, 2.24) is 9.88 Å². The van der Waals surface area contributed by atoms with Crippen LogP contribution in [0.25, 0.3) is 0 Å². The Labute approximate surface area is 162 Å². The van der Waals surface area contributed by atoms with Gasteiger partial charge in [-0.2, -0.15) is 0 Å². The molecular formula is C23H30N2O2. The Hall–Kier alpha value is -1.91. The molecule has 1 saturated carbocycles. The lowest BCUT2D eigenvalue weighted by atomic mass is 9.66. The summed E-state index contributed by atoms with van der Waals surface area (Å²) >= 11 is 0. The molecule has 4 nitrogen and oxygen atoms in total. The zero-order chi connectivity index (χ0) is 18.7. The Morgan fingerprint density at radius 2 is 1.96 bits per heavy atom. The van der Waals surface area contributed by atoms with Crippen LogP contribution in [-0.4, -0.2) is 34.2 Å². The predicted molar refractivity (Wildman–Crippen MR) is 107 cm³/mol. The first-order valence-corrected chi connectivity index (χ1v) is 10.3. The maximum absolute atomic E-state index is 11.7. The van der Waals surface area contributed by atoms with E-state index in [4.69, 9.17) is 4.74 Å². The van der Waals surface area contributed by atoms with E-state index in [9.17, 15) is 5.11 Å². The van der Waals surface area contributed by atoms with E-state index >= 15 is 0 Å². The first-order chi connectivity index (χ1) is 13.2. The molecule has 0 bridgehead atoms. The van der Waals surface area contributed by atoms with E-state index in [1.807, 2.05) is 37.4 Å². The van der Waals surface area contributed by atoms with Gasteiger partial charge < -0.3 is 9.84 Å². The zero-order valence-corrected chi connectivity index (χ0v) is 16.2. The van der Waals surface area contributed by atoms with Gasteiger partial charge in [-0.25, -0.2) is 4.98 Å². The van der Waals surface area contributed by atoms with E-state index < -0.39 is 5.60 Å². The van der Waals surface area contributed by atoms with Crippen molar-refractivity contribution in [3.8, 4) is 5.88 Å². The minimum Gasteiger partial charge on any atom is -0.478 e. The molecule has 2 fully saturated rings. The largest absolute Gasteiger partial charge is 0.478 e. The lowest BCUT2D eigenvalue weighted by molar-refractivity contribution is -0.123. The number of pyridine rings is 1. The summed E-state index contributed by atoms with van der Waals surface area (Å²) in [5.74, 6) is 0.993. The van der Waals surface area contributed by atoms with Crippen molar-refractivity contribution in [3.05, 3.63) is 59.8 Å². The van der Waals surface area contributed by atoms with Gasteiger partial charge in [-0.1, -0.05) is 49.2 Å². The van der Waals surface area contributed by atoms with Gasteiger partial charge >= 0.3 is 0 Å². The highest BCUT2D eigenvalue weighted by Gasteiger charge is 2.48. The molecule has 0 radical (unpaired) electrons. The Morgan fingerprint density at radius 1 is 1.15 bits per heavy atom. The average Bonchev–Trinajstić information content (AvgIpc) is 2.73. The highest BCUT2D eigenvalue weighted by molar-refractivity contribution is 5.26. The van der Waals surface area contributed by atoms with Crippen molar-refractivity contribution < 1.29 is 9.84 Å². The Kier molecular flexibility index (Phi) is 5.46. The van der Waals surface area contributed by atoms with E-state index in [-0.39, 0.29) is 0 Å². The quantitative estimate of drug-likeness (QED) is 0.864. The highest BCUT2D eigenvalue weighted by Crippen LogP contribution is 2.47. The fourth-order valence-electron chi connectivity index (χ4n) is 5.02. The summed E-state index contributed by atoms with van der Waals surface area (Å²) in [6, 6.07) is 14.8. The number of fused-ring (bicyclic) bond motifs is 1. The van der Waals surface area contributed by atoms with E-state index in [2.05, 4.69) is 28.1 Å². The van der Waals surface area contributed by atoms with Gasteiger partial charge in [0, 0.05) is 37.3 Å². The fraction of sp³-hybridized carbons (Fsp3) is 0.522. The molecule has 1 N–H and O–H groups in total. The van der Waals surface area contributed by atoms with Crippen molar-refractivity contribution >= 4 is 0 Å². The molecule has 27 heavy (non-hydrogen) atoms. The minimum absolute atomic E-state index is 0.304. The molecule has 1 saturated heterocycles. The zero-order valence-electron chi connectivity index (χ0n) is 16.2. The molecule has 1 aliphatic heterocycles. The Balaban J connectivity index is 1.53. The maximum Gasteiger partial charge on any atom is 0.213 e. The number of aliphatic hydroxyl groups is 1. The third-order valence-electron chi connectivity index (χ3n) is 6.34. The van der Waals surface area contributed by atoms with Gasteiger partial charge in [-0.3, -0.25) is 4.90 Å². The summed E-state index contributed by atoms with van der Waals surface area (Å²) in [6.07, 6.45) is 7.47. The van der Waals surface area contributed by atoms with Crippen LogP contribution in [0.3, 0.4) is 0 Å². The monoisotopic (exact) mass is 366 g/mol. The molecular weight excluding hydrogens is 336 g/mol. The van der Waals surface area contributed by atoms with Gasteiger partial charge in [0.05, 0.1) is 12.2 Å². The molecule has 1 aromatic heterocycles. The molecule has 2 aliphatic rings. The number of hydrogen-bond acceptors (Lipinski definition) is 4. The molecule has 4 rings (SSSR count). The normalized spacial score (nSPS) is 28.5. The number of likely N-dealkylation sites (tertiary alicyclic amines) is 1. The second-order valence-electron chi connectivity index (χ2n) is 7.91. The van der Waals surface area contributed by atoms with Gasteiger partial charge in [-0.05, 0) is 37.3 Å². The molecule has 144 valence electrons. The van der Waals surface area contributed by atoms with Crippen LogP contribution in [0, 0.1) is 5.92 Å². The van der Waals surface area contributed by atoms with Crippen LogP contribution < -0.4 is 4.74 Å². The van der Waals surface area contributed by atoms with Crippen LogP contribution in [-0.2, 0) is 12.1 Å². The molecule has 4 heteroatoms. The summed E-state index contributed by atoms with van der Waals surface area (Å²) < 4.78 is 5.46. The van der Waals surface area contributed by atoms with Crippen molar-refractivity contribution in [2.24, 2.45) is 5.92 Å². The lowest BCUT2D eigenvalue weighted by Crippen LogP contribution is -2.57.